The van der Waals surface area contributed by atoms with Gasteiger partial charge in [0, 0.05) is 0 Å². The first-order valence-electron chi connectivity index (χ1n) is 5.94. The first kappa shape index (κ1) is 12.0. The largest absolute Gasteiger partial charge is 0.390 e. The summed E-state index contributed by atoms with van der Waals surface area (Å²) in [7, 11) is 0. The van der Waals surface area contributed by atoms with Gasteiger partial charge in [0.05, 0.1) is 11.7 Å². The van der Waals surface area contributed by atoms with Gasteiger partial charge in [-0.2, -0.15) is 0 Å². The Morgan fingerprint density at radius 3 is 2.29 bits per heavy atom. The fourth-order valence-electron chi connectivity index (χ4n) is 1.94. The predicted octanol–water partition coefficient (Wildman–Crippen LogP) is 2.89. The molecule has 0 amide bonds. The van der Waals surface area contributed by atoms with Crippen LogP contribution in [0.5, 0.6) is 0 Å². The molecule has 1 saturated heterocycles. The molecule has 1 fully saturated rings. The Kier molecular flexibility index (Phi) is 4.39. The van der Waals surface area contributed by atoms with Gasteiger partial charge < -0.3 is 9.84 Å². The summed E-state index contributed by atoms with van der Waals surface area (Å²) in [6.45, 7) is 6.30. The summed E-state index contributed by atoms with van der Waals surface area (Å²) in [6.07, 6.45) is 7.04. The molecule has 0 aromatic heterocycles. The molecule has 2 nitrogen and oxygen atoms in total. The van der Waals surface area contributed by atoms with Crippen molar-refractivity contribution in [3.8, 4) is 0 Å². The van der Waals surface area contributed by atoms with E-state index in [1.807, 2.05) is 13.8 Å². The summed E-state index contributed by atoms with van der Waals surface area (Å²) >= 11 is 0. The maximum atomic E-state index is 9.76. The molecule has 1 rings (SSSR count). The molecule has 14 heavy (non-hydrogen) atoms. The lowest BCUT2D eigenvalue weighted by atomic mass is 10.0. The molecule has 0 radical (unpaired) electrons. The Hall–Kier alpha value is -0.0800. The van der Waals surface area contributed by atoms with E-state index in [-0.39, 0.29) is 17.8 Å². The zero-order chi connectivity index (χ0) is 10.6. The van der Waals surface area contributed by atoms with Crippen LogP contribution in [0.25, 0.3) is 0 Å². The van der Waals surface area contributed by atoms with Gasteiger partial charge in [-0.05, 0) is 20.3 Å². The molecule has 0 aromatic carbocycles. The fraction of sp³-hybridized carbons (Fsp3) is 1.00. The van der Waals surface area contributed by atoms with Gasteiger partial charge in [0.2, 0.25) is 0 Å². The van der Waals surface area contributed by atoms with E-state index in [0.29, 0.717) is 0 Å². The van der Waals surface area contributed by atoms with Gasteiger partial charge >= 0.3 is 0 Å². The summed E-state index contributed by atoms with van der Waals surface area (Å²) in [4.78, 5) is 0. The van der Waals surface area contributed by atoms with E-state index in [0.717, 1.165) is 12.8 Å². The second-order valence-corrected chi connectivity index (χ2v) is 4.91. The number of ether oxygens (including phenoxy) is 1. The van der Waals surface area contributed by atoms with Gasteiger partial charge in [0.1, 0.15) is 6.10 Å². The average molecular weight is 200 g/mol. The zero-order valence-electron chi connectivity index (χ0n) is 9.75. The molecule has 1 aliphatic rings. The lowest BCUT2D eigenvalue weighted by Crippen LogP contribution is -2.20. The van der Waals surface area contributed by atoms with Crippen molar-refractivity contribution in [2.75, 3.05) is 0 Å². The van der Waals surface area contributed by atoms with Crippen LogP contribution in [-0.2, 0) is 4.74 Å². The Morgan fingerprint density at radius 2 is 1.79 bits per heavy atom. The van der Waals surface area contributed by atoms with Gasteiger partial charge in [-0.3, -0.25) is 0 Å². The van der Waals surface area contributed by atoms with E-state index in [2.05, 4.69) is 6.92 Å². The van der Waals surface area contributed by atoms with E-state index in [4.69, 9.17) is 4.74 Å². The summed E-state index contributed by atoms with van der Waals surface area (Å²) in [5.41, 5.74) is -0.0666. The molecule has 0 saturated carbocycles. The lowest BCUT2D eigenvalue weighted by Gasteiger charge is -2.08. The van der Waals surface area contributed by atoms with E-state index in [1.165, 1.54) is 25.7 Å². The van der Waals surface area contributed by atoms with Crippen LogP contribution in [0.3, 0.4) is 0 Å². The Morgan fingerprint density at radius 1 is 1.21 bits per heavy atom. The maximum Gasteiger partial charge on any atom is 0.113 e. The van der Waals surface area contributed by atoms with Crippen LogP contribution < -0.4 is 0 Å². The van der Waals surface area contributed by atoms with E-state index in [1.54, 1.807) is 0 Å². The van der Waals surface area contributed by atoms with Crippen molar-refractivity contribution in [2.45, 2.75) is 77.1 Å². The van der Waals surface area contributed by atoms with Crippen LogP contribution in [0.15, 0.2) is 0 Å². The molecular weight excluding hydrogens is 176 g/mol. The molecule has 0 bridgehead atoms. The second-order valence-electron chi connectivity index (χ2n) is 4.91. The maximum absolute atomic E-state index is 9.76. The summed E-state index contributed by atoms with van der Waals surface area (Å²) in [5.74, 6) is 0. The number of aliphatic hydroxyl groups is 1. The van der Waals surface area contributed by atoms with Crippen molar-refractivity contribution in [1.29, 1.82) is 0 Å². The standard InChI is InChI=1S/C12H24O2/c1-4-5-6-7-8-9-10(13)11-12(2,3)14-11/h10-11,13H,4-9H2,1-3H3. The van der Waals surface area contributed by atoms with Crippen molar-refractivity contribution < 1.29 is 9.84 Å². The molecule has 2 unspecified atom stereocenters. The molecule has 1 heterocycles. The number of rotatable bonds is 7. The van der Waals surface area contributed by atoms with Crippen molar-refractivity contribution in [1.82, 2.24) is 0 Å². The topological polar surface area (TPSA) is 32.8 Å². The second kappa shape index (κ2) is 5.13. The molecule has 0 aromatic rings. The van der Waals surface area contributed by atoms with Crippen molar-refractivity contribution in [3.05, 3.63) is 0 Å². The third-order valence-corrected chi connectivity index (χ3v) is 3.01. The predicted molar refractivity (Wildman–Crippen MR) is 58.3 cm³/mol. The highest BCUT2D eigenvalue weighted by molar-refractivity contribution is 4.99. The zero-order valence-corrected chi connectivity index (χ0v) is 9.75. The van der Waals surface area contributed by atoms with Gasteiger partial charge in [-0.15, -0.1) is 0 Å². The number of hydrogen-bond donors (Lipinski definition) is 1. The molecule has 84 valence electrons. The first-order chi connectivity index (χ1) is 6.58. The van der Waals surface area contributed by atoms with Crippen LogP contribution in [0.2, 0.25) is 0 Å². The highest BCUT2D eigenvalue weighted by Crippen LogP contribution is 2.38. The summed E-state index contributed by atoms with van der Waals surface area (Å²) < 4.78 is 5.39. The highest BCUT2D eigenvalue weighted by atomic mass is 16.6. The van der Waals surface area contributed by atoms with Gasteiger partial charge in [0.15, 0.2) is 0 Å². The normalized spacial score (nSPS) is 26.1. The number of epoxide rings is 1. The Labute approximate surface area is 87.7 Å². The van der Waals surface area contributed by atoms with Crippen LogP contribution in [-0.4, -0.2) is 22.9 Å². The van der Waals surface area contributed by atoms with Gasteiger partial charge in [0.25, 0.3) is 0 Å². The monoisotopic (exact) mass is 200 g/mol. The summed E-state index contributed by atoms with van der Waals surface area (Å²) in [5, 5.41) is 9.76. The first-order valence-corrected chi connectivity index (χ1v) is 5.94. The number of unbranched alkanes of at least 4 members (excludes halogenated alkanes) is 4. The molecule has 2 atom stereocenters. The summed E-state index contributed by atoms with van der Waals surface area (Å²) in [6, 6.07) is 0. The third-order valence-electron chi connectivity index (χ3n) is 3.01. The third kappa shape index (κ3) is 3.58. The molecule has 0 aliphatic carbocycles. The average Bonchev–Trinajstić information content (AvgIpc) is 2.75. The smallest absolute Gasteiger partial charge is 0.113 e. The van der Waals surface area contributed by atoms with Gasteiger partial charge in [-0.25, -0.2) is 0 Å². The van der Waals surface area contributed by atoms with Crippen molar-refractivity contribution >= 4 is 0 Å². The number of aliphatic hydroxyl groups excluding tert-OH is 1. The number of hydrogen-bond acceptors (Lipinski definition) is 2. The Bertz CT molecular complexity index is 166. The minimum absolute atomic E-state index is 0.0666. The fourth-order valence-corrected chi connectivity index (χ4v) is 1.94. The molecular formula is C12H24O2. The van der Waals surface area contributed by atoms with Crippen molar-refractivity contribution in [2.24, 2.45) is 0 Å². The molecule has 0 spiro atoms. The molecule has 1 aliphatic heterocycles. The lowest BCUT2D eigenvalue weighted by molar-refractivity contribution is 0.123. The molecule has 1 N–H and O–H groups in total. The molecule has 2 heteroatoms. The van der Waals surface area contributed by atoms with Crippen LogP contribution in [0.1, 0.15) is 59.3 Å². The van der Waals surface area contributed by atoms with E-state index >= 15 is 0 Å². The minimum Gasteiger partial charge on any atom is -0.390 e. The van der Waals surface area contributed by atoms with Crippen LogP contribution in [0.4, 0.5) is 0 Å². The van der Waals surface area contributed by atoms with Crippen LogP contribution >= 0.6 is 0 Å². The quantitative estimate of drug-likeness (QED) is 0.506. The highest BCUT2D eigenvalue weighted by Gasteiger charge is 2.51. The van der Waals surface area contributed by atoms with Crippen LogP contribution in [0, 0.1) is 0 Å². The van der Waals surface area contributed by atoms with Crippen molar-refractivity contribution in [3.63, 3.8) is 0 Å². The van der Waals surface area contributed by atoms with E-state index in [9.17, 15) is 5.11 Å². The van der Waals surface area contributed by atoms with E-state index < -0.39 is 0 Å². The van der Waals surface area contributed by atoms with Gasteiger partial charge in [-0.1, -0.05) is 39.0 Å². The SMILES string of the molecule is CCCCCCCC(O)C1OC1(C)C. The Balaban J connectivity index is 1.97. The minimum atomic E-state index is -0.244.